The SMILES string of the molecule is CC1(C)OB(c2ccc3c(c2)oc2c(-c4ccccc4)ccc(N(c4ccccc4)c4ccccc4)c23)OC1(C)C. The van der Waals surface area contributed by atoms with E-state index < -0.39 is 18.3 Å². The molecule has 0 bridgehead atoms. The molecule has 5 aromatic carbocycles. The molecule has 41 heavy (non-hydrogen) atoms. The second kappa shape index (κ2) is 9.65. The van der Waals surface area contributed by atoms with Gasteiger partial charge in [0.25, 0.3) is 0 Å². The van der Waals surface area contributed by atoms with Crippen LogP contribution in [0.3, 0.4) is 0 Å². The highest BCUT2D eigenvalue weighted by atomic mass is 16.7. The van der Waals surface area contributed by atoms with Crippen LogP contribution in [0.5, 0.6) is 0 Å². The highest BCUT2D eigenvalue weighted by molar-refractivity contribution is 6.62. The van der Waals surface area contributed by atoms with E-state index in [1.807, 2.05) is 18.2 Å². The second-order valence-corrected chi connectivity index (χ2v) is 11.7. The summed E-state index contributed by atoms with van der Waals surface area (Å²) in [5, 5.41) is 2.11. The van der Waals surface area contributed by atoms with Crippen LogP contribution in [0.2, 0.25) is 0 Å². The van der Waals surface area contributed by atoms with Crippen LogP contribution in [0, 0.1) is 0 Å². The Kier molecular flexibility index (Phi) is 6.04. The van der Waals surface area contributed by atoms with E-state index in [0.717, 1.165) is 55.6 Å². The largest absolute Gasteiger partial charge is 0.494 e. The summed E-state index contributed by atoms with van der Waals surface area (Å²) in [5.41, 5.74) is 7.15. The minimum absolute atomic E-state index is 0.417. The number of furan rings is 1. The van der Waals surface area contributed by atoms with Crippen LogP contribution in [0.15, 0.2) is 126 Å². The molecule has 0 N–H and O–H groups in total. The van der Waals surface area contributed by atoms with Gasteiger partial charge in [0.15, 0.2) is 0 Å². The normalized spacial score (nSPS) is 16.0. The fourth-order valence-electron chi connectivity index (χ4n) is 5.62. The molecule has 0 aliphatic carbocycles. The van der Waals surface area contributed by atoms with Gasteiger partial charge in [-0.1, -0.05) is 78.9 Å². The van der Waals surface area contributed by atoms with Crippen molar-refractivity contribution in [3.63, 3.8) is 0 Å². The Morgan fingerprint density at radius 2 is 1.17 bits per heavy atom. The van der Waals surface area contributed by atoms with Gasteiger partial charge in [0.2, 0.25) is 0 Å². The molecule has 4 nitrogen and oxygen atoms in total. The van der Waals surface area contributed by atoms with Crippen molar-refractivity contribution in [3.05, 3.63) is 121 Å². The molecule has 202 valence electrons. The van der Waals surface area contributed by atoms with E-state index in [4.69, 9.17) is 13.7 Å². The monoisotopic (exact) mass is 537 g/mol. The molecule has 5 heteroatoms. The molecule has 1 aliphatic heterocycles. The maximum absolute atomic E-state index is 6.77. The molecule has 1 fully saturated rings. The molecule has 1 aromatic heterocycles. The lowest BCUT2D eigenvalue weighted by Gasteiger charge is -2.32. The van der Waals surface area contributed by atoms with Crippen LogP contribution >= 0.6 is 0 Å². The molecule has 0 unspecified atom stereocenters. The van der Waals surface area contributed by atoms with E-state index in [1.165, 1.54) is 0 Å². The van der Waals surface area contributed by atoms with Crippen molar-refractivity contribution in [2.75, 3.05) is 4.90 Å². The number of hydrogen-bond donors (Lipinski definition) is 0. The minimum Gasteiger partial charge on any atom is -0.455 e. The molecule has 0 radical (unpaired) electrons. The lowest BCUT2D eigenvalue weighted by Crippen LogP contribution is -2.41. The topological polar surface area (TPSA) is 34.8 Å². The standard InChI is InChI=1S/C36H32BNO3/c1-35(2)36(3,4)41-37(40-35)26-20-21-30-32(24-26)39-34-29(25-14-8-5-9-15-25)22-23-31(33(30)34)38(27-16-10-6-11-17-27)28-18-12-7-13-19-28/h5-24H,1-4H3. The van der Waals surface area contributed by atoms with Crippen LogP contribution in [0.1, 0.15) is 27.7 Å². The molecule has 0 saturated carbocycles. The number of nitrogens with zero attached hydrogens (tertiary/aromatic N) is 1. The van der Waals surface area contributed by atoms with E-state index in [1.54, 1.807) is 0 Å². The fraction of sp³-hybridized carbons (Fsp3) is 0.167. The van der Waals surface area contributed by atoms with Gasteiger partial charge in [0.1, 0.15) is 11.2 Å². The molecular formula is C36H32BNO3. The summed E-state index contributed by atoms with van der Waals surface area (Å²) < 4.78 is 19.5. The molecule has 0 atom stereocenters. The van der Waals surface area contributed by atoms with Crippen molar-refractivity contribution in [3.8, 4) is 11.1 Å². The number of anilines is 3. The summed E-state index contributed by atoms with van der Waals surface area (Å²) in [6.45, 7) is 8.31. The van der Waals surface area contributed by atoms with Crippen LogP contribution in [0.4, 0.5) is 17.1 Å². The first-order chi connectivity index (χ1) is 19.8. The Balaban J connectivity index is 1.48. The Hall–Kier alpha value is -4.32. The van der Waals surface area contributed by atoms with Crippen LogP contribution < -0.4 is 10.4 Å². The van der Waals surface area contributed by atoms with Gasteiger partial charge >= 0.3 is 7.12 Å². The third-order valence-corrected chi connectivity index (χ3v) is 8.50. The Morgan fingerprint density at radius 3 is 1.76 bits per heavy atom. The quantitative estimate of drug-likeness (QED) is 0.206. The van der Waals surface area contributed by atoms with Gasteiger partial charge in [0.05, 0.1) is 22.3 Å². The zero-order chi connectivity index (χ0) is 28.2. The Bertz CT molecular complexity index is 1790. The first-order valence-corrected chi connectivity index (χ1v) is 14.1. The van der Waals surface area contributed by atoms with Crippen molar-refractivity contribution in [1.29, 1.82) is 0 Å². The molecule has 6 aromatic rings. The number of benzene rings is 5. The minimum atomic E-state index is -0.462. The molecule has 1 aliphatic rings. The Morgan fingerprint density at radius 1 is 0.610 bits per heavy atom. The summed E-state index contributed by atoms with van der Waals surface area (Å²) >= 11 is 0. The smallest absolute Gasteiger partial charge is 0.455 e. The van der Waals surface area contributed by atoms with Crippen molar-refractivity contribution < 1.29 is 13.7 Å². The van der Waals surface area contributed by atoms with Gasteiger partial charge in [-0.25, -0.2) is 0 Å². The summed E-state index contributed by atoms with van der Waals surface area (Å²) in [4.78, 5) is 2.30. The van der Waals surface area contributed by atoms with Crippen LogP contribution in [0.25, 0.3) is 33.1 Å². The molecule has 1 saturated heterocycles. The summed E-state index contributed by atoms with van der Waals surface area (Å²) in [6, 6.07) is 42.1. The molecule has 0 amide bonds. The third-order valence-electron chi connectivity index (χ3n) is 8.50. The first kappa shape index (κ1) is 25.6. The molecular weight excluding hydrogens is 505 g/mol. The predicted molar refractivity (Wildman–Crippen MR) is 170 cm³/mol. The van der Waals surface area contributed by atoms with E-state index in [2.05, 4.69) is 136 Å². The van der Waals surface area contributed by atoms with Crippen LogP contribution in [-0.2, 0) is 9.31 Å². The van der Waals surface area contributed by atoms with Crippen molar-refractivity contribution in [1.82, 2.24) is 0 Å². The van der Waals surface area contributed by atoms with Crippen molar-refractivity contribution in [2.45, 2.75) is 38.9 Å². The number of para-hydroxylation sites is 2. The summed E-state index contributed by atoms with van der Waals surface area (Å²) in [7, 11) is -0.462. The van der Waals surface area contributed by atoms with Gasteiger partial charge in [0, 0.05) is 22.3 Å². The number of hydrogen-bond acceptors (Lipinski definition) is 4. The maximum atomic E-state index is 6.77. The van der Waals surface area contributed by atoms with Gasteiger partial charge in [-0.15, -0.1) is 0 Å². The van der Waals surface area contributed by atoms with E-state index >= 15 is 0 Å². The van der Waals surface area contributed by atoms with E-state index in [9.17, 15) is 0 Å². The zero-order valence-corrected chi connectivity index (χ0v) is 23.8. The fourth-order valence-corrected chi connectivity index (χ4v) is 5.62. The number of rotatable bonds is 5. The lowest BCUT2D eigenvalue weighted by atomic mass is 9.79. The summed E-state index contributed by atoms with van der Waals surface area (Å²) in [6.07, 6.45) is 0. The number of fused-ring (bicyclic) bond motifs is 3. The van der Waals surface area contributed by atoms with E-state index in [0.29, 0.717) is 0 Å². The Labute approximate surface area is 241 Å². The van der Waals surface area contributed by atoms with Crippen LogP contribution in [-0.4, -0.2) is 18.3 Å². The predicted octanol–water partition coefficient (Wildman–Crippen LogP) is 9.02. The van der Waals surface area contributed by atoms with Crippen molar-refractivity contribution in [2.24, 2.45) is 0 Å². The maximum Gasteiger partial charge on any atom is 0.494 e. The van der Waals surface area contributed by atoms with Gasteiger partial charge in [-0.3, -0.25) is 0 Å². The van der Waals surface area contributed by atoms with Gasteiger partial charge in [-0.05, 0) is 81.2 Å². The highest BCUT2D eigenvalue weighted by Crippen LogP contribution is 2.46. The average Bonchev–Trinajstić information content (AvgIpc) is 3.47. The second-order valence-electron chi connectivity index (χ2n) is 11.7. The van der Waals surface area contributed by atoms with Gasteiger partial charge < -0.3 is 18.6 Å². The summed E-state index contributed by atoms with van der Waals surface area (Å²) in [5.74, 6) is 0. The van der Waals surface area contributed by atoms with Crippen molar-refractivity contribution >= 4 is 51.6 Å². The zero-order valence-electron chi connectivity index (χ0n) is 23.8. The van der Waals surface area contributed by atoms with Gasteiger partial charge in [-0.2, -0.15) is 0 Å². The molecule has 0 spiro atoms. The third kappa shape index (κ3) is 4.33. The first-order valence-electron chi connectivity index (χ1n) is 14.1. The molecule has 7 rings (SSSR count). The highest BCUT2D eigenvalue weighted by Gasteiger charge is 2.51. The molecule has 2 heterocycles. The average molecular weight is 537 g/mol. The lowest BCUT2D eigenvalue weighted by molar-refractivity contribution is 0.00578. The van der Waals surface area contributed by atoms with E-state index in [-0.39, 0.29) is 0 Å².